The van der Waals surface area contributed by atoms with E-state index in [4.69, 9.17) is 16.6 Å². The second-order valence-electron chi connectivity index (χ2n) is 2.73. The monoisotopic (exact) mass is 203 g/mol. The summed E-state index contributed by atoms with van der Waals surface area (Å²) in [7, 11) is 0. The highest BCUT2D eigenvalue weighted by molar-refractivity contribution is 5.46. The van der Waals surface area contributed by atoms with E-state index in [-0.39, 0.29) is 19.0 Å². The van der Waals surface area contributed by atoms with Gasteiger partial charge in [0.2, 0.25) is 0 Å². The first kappa shape index (κ1) is 10.8. The number of pyridine rings is 1. The Labute approximate surface area is 79.6 Å². The lowest BCUT2D eigenvalue weighted by molar-refractivity contribution is 0.146. The zero-order chi connectivity index (χ0) is 10.7. The molecule has 0 radical (unpaired) electrons. The largest absolute Gasteiger partial charge is 0.392 e. The smallest absolute Gasteiger partial charge is 0.280 e. The standard InChI is InChI=1S/C8H11F2N3O/c9-7(10)6-1-4(3-14)5(2-11)8(12)13-6/h1,7,14H,2-3,11H2,(H2,12,13). The lowest BCUT2D eigenvalue weighted by atomic mass is 10.1. The number of hydrogen-bond donors (Lipinski definition) is 3. The van der Waals surface area contributed by atoms with Gasteiger partial charge in [-0.25, -0.2) is 13.8 Å². The molecule has 0 spiro atoms. The third kappa shape index (κ3) is 1.97. The van der Waals surface area contributed by atoms with Crippen LogP contribution < -0.4 is 11.5 Å². The van der Waals surface area contributed by atoms with Crippen molar-refractivity contribution >= 4 is 5.82 Å². The minimum Gasteiger partial charge on any atom is -0.392 e. The molecule has 1 aromatic rings. The maximum absolute atomic E-state index is 12.3. The first-order valence-electron chi connectivity index (χ1n) is 3.97. The van der Waals surface area contributed by atoms with Gasteiger partial charge in [-0.2, -0.15) is 0 Å². The maximum Gasteiger partial charge on any atom is 0.280 e. The van der Waals surface area contributed by atoms with Gasteiger partial charge < -0.3 is 16.6 Å². The number of nitrogens with two attached hydrogens (primary N) is 2. The molecule has 0 atom stereocenters. The SMILES string of the molecule is NCc1c(CO)cc(C(F)F)nc1N. The summed E-state index contributed by atoms with van der Waals surface area (Å²) < 4.78 is 24.5. The summed E-state index contributed by atoms with van der Waals surface area (Å²) >= 11 is 0. The number of alkyl halides is 2. The fourth-order valence-electron chi connectivity index (χ4n) is 1.16. The van der Waals surface area contributed by atoms with E-state index in [1.807, 2.05) is 0 Å². The molecule has 0 aliphatic heterocycles. The van der Waals surface area contributed by atoms with Gasteiger partial charge in [0.25, 0.3) is 6.43 Å². The van der Waals surface area contributed by atoms with Crippen molar-refractivity contribution < 1.29 is 13.9 Å². The lowest BCUT2D eigenvalue weighted by Crippen LogP contribution is -2.10. The quantitative estimate of drug-likeness (QED) is 0.669. The minimum atomic E-state index is -2.70. The molecule has 0 saturated heterocycles. The molecule has 0 aliphatic carbocycles. The predicted molar refractivity (Wildman–Crippen MR) is 47.4 cm³/mol. The van der Waals surface area contributed by atoms with Crippen LogP contribution in [0.15, 0.2) is 6.07 Å². The summed E-state index contributed by atoms with van der Waals surface area (Å²) in [5.41, 5.74) is 11.0. The van der Waals surface area contributed by atoms with Crippen LogP contribution in [0.2, 0.25) is 0 Å². The highest BCUT2D eigenvalue weighted by Gasteiger charge is 2.14. The van der Waals surface area contributed by atoms with Crippen LogP contribution in [0.25, 0.3) is 0 Å². The molecule has 6 heteroatoms. The molecule has 1 aromatic heterocycles. The fourth-order valence-corrected chi connectivity index (χ4v) is 1.16. The number of aromatic nitrogens is 1. The van der Waals surface area contributed by atoms with Crippen LogP contribution in [0.4, 0.5) is 14.6 Å². The summed E-state index contributed by atoms with van der Waals surface area (Å²) in [6.07, 6.45) is -2.70. The van der Waals surface area contributed by atoms with Crippen LogP contribution in [0.3, 0.4) is 0 Å². The highest BCUT2D eigenvalue weighted by Crippen LogP contribution is 2.23. The molecule has 0 fully saturated rings. The molecule has 78 valence electrons. The first-order valence-corrected chi connectivity index (χ1v) is 3.97. The molecule has 0 aromatic carbocycles. The molecule has 1 heterocycles. The van der Waals surface area contributed by atoms with Crippen molar-refractivity contribution in [3.05, 3.63) is 22.9 Å². The van der Waals surface area contributed by atoms with E-state index in [0.717, 1.165) is 6.07 Å². The molecule has 1 rings (SSSR count). The van der Waals surface area contributed by atoms with Crippen molar-refractivity contribution in [1.29, 1.82) is 0 Å². The van der Waals surface area contributed by atoms with Crippen LogP contribution in [0, 0.1) is 0 Å². The zero-order valence-electron chi connectivity index (χ0n) is 7.37. The Balaban J connectivity index is 3.24. The Hall–Kier alpha value is -1.27. The predicted octanol–water partition coefficient (Wildman–Crippen LogP) is 0.552. The highest BCUT2D eigenvalue weighted by atomic mass is 19.3. The summed E-state index contributed by atoms with van der Waals surface area (Å²) in [6, 6.07) is 1.11. The number of aliphatic hydroxyl groups excluding tert-OH is 1. The van der Waals surface area contributed by atoms with Gasteiger partial charge in [0.05, 0.1) is 6.61 Å². The molecule has 4 nitrogen and oxygen atoms in total. The van der Waals surface area contributed by atoms with Crippen molar-refractivity contribution in [3.63, 3.8) is 0 Å². The third-order valence-electron chi connectivity index (χ3n) is 1.87. The van der Waals surface area contributed by atoms with Gasteiger partial charge in [-0.3, -0.25) is 0 Å². The van der Waals surface area contributed by atoms with Crippen molar-refractivity contribution in [2.75, 3.05) is 5.73 Å². The van der Waals surface area contributed by atoms with Crippen LogP contribution >= 0.6 is 0 Å². The van der Waals surface area contributed by atoms with Crippen molar-refractivity contribution in [2.24, 2.45) is 5.73 Å². The van der Waals surface area contributed by atoms with Crippen LogP contribution in [0.1, 0.15) is 23.2 Å². The molecule has 0 saturated carbocycles. The summed E-state index contributed by atoms with van der Waals surface area (Å²) in [5, 5.41) is 8.90. The Bertz CT molecular complexity index is 331. The van der Waals surface area contributed by atoms with E-state index in [0.29, 0.717) is 11.1 Å². The number of nitrogen functional groups attached to an aromatic ring is 1. The Morgan fingerprint density at radius 2 is 2.14 bits per heavy atom. The molecule has 0 bridgehead atoms. The fraction of sp³-hybridized carbons (Fsp3) is 0.375. The molecule has 0 amide bonds. The van der Waals surface area contributed by atoms with E-state index in [2.05, 4.69) is 4.98 Å². The average Bonchev–Trinajstić information content (AvgIpc) is 2.16. The van der Waals surface area contributed by atoms with Crippen LogP contribution in [-0.4, -0.2) is 10.1 Å². The van der Waals surface area contributed by atoms with Gasteiger partial charge in [0, 0.05) is 12.1 Å². The zero-order valence-corrected chi connectivity index (χ0v) is 7.37. The average molecular weight is 203 g/mol. The topological polar surface area (TPSA) is 85.2 Å². The number of anilines is 1. The molecule has 14 heavy (non-hydrogen) atoms. The van der Waals surface area contributed by atoms with E-state index < -0.39 is 12.1 Å². The van der Waals surface area contributed by atoms with E-state index in [1.54, 1.807) is 0 Å². The summed E-state index contributed by atoms with van der Waals surface area (Å²) in [5.74, 6) is -0.0469. The second-order valence-corrected chi connectivity index (χ2v) is 2.73. The van der Waals surface area contributed by atoms with E-state index in [1.165, 1.54) is 0 Å². The van der Waals surface area contributed by atoms with E-state index >= 15 is 0 Å². The Morgan fingerprint density at radius 1 is 1.50 bits per heavy atom. The maximum atomic E-state index is 12.3. The normalized spacial score (nSPS) is 10.9. The van der Waals surface area contributed by atoms with Crippen LogP contribution in [-0.2, 0) is 13.2 Å². The molecule has 5 N–H and O–H groups in total. The van der Waals surface area contributed by atoms with E-state index in [9.17, 15) is 8.78 Å². The molecule has 0 unspecified atom stereocenters. The number of aliphatic hydroxyl groups is 1. The van der Waals surface area contributed by atoms with Crippen molar-refractivity contribution in [3.8, 4) is 0 Å². The van der Waals surface area contributed by atoms with Crippen molar-refractivity contribution in [1.82, 2.24) is 4.98 Å². The van der Waals surface area contributed by atoms with Gasteiger partial charge in [0.1, 0.15) is 11.5 Å². The number of rotatable bonds is 3. The Kier molecular flexibility index (Phi) is 3.32. The number of hydrogen-bond acceptors (Lipinski definition) is 4. The minimum absolute atomic E-state index is 0.0469. The Morgan fingerprint density at radius 3 is 2.57 bits per heavy atom. The van der Waals surface area contributed by atoms with Gasteiger partial charge in [0.15, 0.2) is 0 Å². The van der Waals surface area contributed by atoms with Gasteiger partial charge in [-0.15, -0.1) is 0 Å². The summed E-state index contributed by atoms with van der Waals surface area (Å²) in [6.45, 7) is -0.308. The van der Waals surface area contributed by atoms with Gasteiger partial charge >= 0.3 is 0 Å². The summed E-state index contributed by atoms with van der Waals surface area (Å²) in [4.78, 5) is 3.49. The second kappa shape index (κ2) is 4.30. The third-order valence-corrected chi connectivity index (χ3v) is 1.87. The molecule has 0 aliphatic rings. The molecular formula is C8H11F2N3O. The van der Waals surface area contributed by atoms with Gasteiger partial charge in [-0.05, 0) is 11.6 Å². The lowest BCUT2D eigenvalue weighted by Gasteiger charge is -2.10. The first-order chi connectivity index (χ1) is 6.60. The van der Waals surface area contributed by atoms with Gasteiger partial charge in [-0.1, -0.05) is 0 Å². The van der Waals surface area contributed by atoms with Crippen molar-refractivity contribution in [2.45, 2.75) is 19.6 Å². The van der Waals surface area contributed by atoms with Crippen LogP contribution in [0.5, 0.6) is 0 Å². The number of halogens is 2. The molecular weight excluding hydrogens is 192 g/mol. The number of nitrogens with zero attached hydrogens (tertiary/aromatic N) is 1.